The van der Waals surface area contributed by atoms with Crippen LogP contribution >= 0.6 is 0 Å². The van der Waals surface area contributed by atoms with E-state index in [2.05, 4.69) is 28.1 Å². The fraction of sp³-hybridized carbons (Fsp3) is 0.355. The van der Waals surface area contributed by atoms with Gasteiger partial charge in [0.05, 0.1) is 31.2 Å². The average Bonchev–Trinajstić information content (AvgIpc) is 3.27. The SMILES string of the molecule is COc1cccc(OCCCn2c(CCCCCNC(=O)Cc3ccccc3C)nc3ccccc32)c1. The molecule has 0 fully saturated rings. The number of nitrogens with zero attached hydrogens (tertiary/aromatic N) is 2. The van der Waals surface area contributed by atoms with Crippen LogP contribution < -0.4 is 14.8 Å². The number of benzene rings is 3. The van der Waals surface area contributed by atoms with Crippen LogP contribution in [0.2, 0.25) is 0 Å². The number of methoxy groups -OCH3 is 1. The Morgan fingerprint density at radius 3 is 2.59 bits per heavy atom. The Morgan fingerprint density at radius 2 is 1.73 bits per heavy atom. The van der Waals surface area contributed by atoms with Crippen molar-refractivity contribution in [1.29, 1.82) is 0 Å². The number of rotatable bonds is 14. The number of imidazole rings is 1. The molecule has 0 saturated carbocycles. The van der Waals surface area contributed by atoms with E-state index in [0.717, 1.165) is 72.6 Å². The third kappa shape index (κ3) is 7.59. The molecule has 1 amide bonds. The summed E-state index contributed by atoms with van der Waals surface area (Å²) in [5, 5.41) is 3.06. The molecule has 6 nitrogen and oxygen atoms in total. The second-order valence-electron chi connectivity index (χ2n) is 9.31. The number of aryl methyl sites for hydroxylation is 3. The Balaban J connectivity index is 1.22. The van der Waals surface area contributed by atoms with Gasteiger partial charge in [0, 0.05) is 25.6 Å². The van der Waals surface area contributed by atoms with Gasteiger partial charge in [-0.3, -0.25) is 4.79 Å². The standard InChI is InChI=1S/C31H37N3O3/c1-24-12-5-6-13-25(24)22-31(35)32-19-9-3-4-18-30-33-28-16-7-8-17-29(28)34(30)20-11-21-37-27-15-10-14-26(23-27)36-2/h5-8,10,12-17,23H,3-4,9,11,18-22H2,1-2H3,(H,32,35). The van der Waals surface area contributed by atoms with E-state index in [1.165, 1.54) is 5.52 Å². The van der Waals surface area contributed by atoms with E-state index >= 15 is 0 Å². The minimum Gasteiger partial charge on any atom is -0.497 e. The van der Waals surface area contributed by atoms with Gasteiger partial charge in [-0.1, -0.05) is 48.9 Å². The summed E-state index contributed by atoms with van der Waals surface area (Å²) in [6.07, 6.45) is 5.30. The molecule has 0 aliphatic heterocycles. The molecule has 0 spiro atoms. The molecule has 0 unspecified atom stereocenters. The minimum atomic E-state index is 0.0901. The Labute approximate surface area is 219 Å². The molecular formula is C31H37N3O3. The largest absolute Gasteiger partial charge is 0.497 e. The van der Waals surface area contributed by atoms with Gasteiger partial charge in [0.15, 0.2) is 0 Å². The van der Waals surface area contributed by atoms with Gasteiger partial charge in [-0.15, -0.1) is 0 Å². The van der Waals surface area contributed by atoms with Crippen LogP contribution in [-0.4, -0.2) is 35.7 Å². The Morgan fingerprint density at radius 1 is 0.919 bits per heavy atom. The topological polar surface area (TPSA) is 65.4 Å². The normalized spacial score (nSPS) is 11.0. The molecule has 0 atom stereocenters. The Hall–Kier alpha value is -3.80. The van der Waals surface area contributed by atoms with Crippen molar-refractivity contribution in [2.75, 3.05) is 20.3 Å². The van der Waals surface area contributed by atoms with E-state index in [9.17, 15) is 4.79 Å². The van der Waals surface area contributed by atoms with Crippen LogP contribution in [0.15, 0.2) is 72.8 Å². The van der Waals surface area contributed by atoms with E-state index in [-0.39, 0.29) is 5.91 Å². The predicted molar refractivity (Wildman–Crippen MR) is 148 cm³/mol. The molecule has 194 valence electrons. The second-order valence-corrected chi connectivity index (χ2v) is 9.31. The van der Waals surface area contributed by atoms with Crippen molar-refractivity contribution >= 4 is 16.9 Å². The van der Waals surface area contributed by atoms with E-state index in [1.807, 2.05) is 61.5 Å². The van der Waals surface area contributed by atoms with Crippen LogP contribution in [0, 0.1) is 6.92 Å². The van der Waals surface area contributed by atoms with Gasteiger partial charge < -0.3 is 19.4 Å². The highest BCUT2D eigenvalue weighted by Gasteiger charge is 2.11. The van der Waals surface area contributed by atoms with Crippen molar-refractivity contribution in [1.82, 2.24) is 14.9 Å². The minimum absolute atomic E-state index is 0.0901. The number of nitrogens with one attached hydrogen (secondary N) is 1. The van der Waals surface area contributed by atoms with Crippen LogP contribution in [0.25, 0.3) is 11.0 Å². The lowest BCUT2D eigenvalue weighted by Crippen LogP contribution is -2.26. The average molecular weight is 500 g/mol. The smallest absolute Gasteiger partial charge is 0.224 e. The first kappa shape index (κ1) is 26.3. The van der Waals surface area contributed by atoms with Gasteiger partial charge in [0.25, 0.3) is 0 Å². The number of amides is 1. The van der Waals surface area contributed by atoms with E-state index in [4.69, 9.17) is 14.5 Å². The van der Waals surface area contributed by atoms with Crippen LogP contribution in [0.1, 0.15) is 42.6 Å². The van der Waals surface area contributed by atoms with Crippen molar-refractivity contribution in [2.45, 2.75) is 52.0 Å². The maximum absolute atomic E-state index is 12.3. The molecule has 0 radical (unpaired) electrons. The Kier molecular flexibility index (Phi) is 9.58. The molecule has 0 aliphatic rings. The molecule has 1 N–H and O–H groups in total. The maximum Gasteiger partial charge on any atom is 0.224 e. The molecule has 0 bridgehead atoms. The quantitative estimate of drug-likeness (QED) is 0.220. The van der Waals surface area contributed by atoms with E-state index in [1.54, 1.807) is 7.11 Å². The summed E-state index contributed by atoms with van der Waals surface area (Å²) in [6.45, 7) is 4.24. The molecule has 0 saturated heterocycles. The first-order valence-electron chi connectivity index (χ1n) is 13.2. The number of fused-ring (bicyclic) bond motifs is 1. The van der Waals surface area contributed by atoms with Crippen molar-refractivity contribution < 1.29 is 14.3 Å². The van der Waals surface area contributed by atoms with Crippen LogP contribution in [0.5, 0.6) is 11.5 Å². The second kappa shape index (κ2) is 13.5. The molecule has 3 aromatic carbocycles. The molecule has 4 rings (SSSR count). The highest BCUT2D eigenvalue weighted by molar-refractivity contribution is 5.78. The number of carbonyl (C=O) groups excluding carboxylic acids is 1. The molecule has 4 aromatic rings. The fourth-order valence-corrected chi connectivity index (χ4v) is 4.53. The lowest BCUT2D eigenvalue weighted by atomic mass is 10.1. The zero-order chi connectivity index (χ0) is 25.9. The van der Waals surface area contributed by atoms with Crippen molar-refractivity contribution in [2.24, 2.45) is 0 Å². The third-order valence-corrected chi connectivity index (χ3v) is 6.58. The first-order valence-corrected chi connectivity index (χ1v) is 13.2. The molecular weight excluding hydrogens is 462 g/mol. The molecule has 0 aliphatic carbocycles. The van der Waals surface area contributed by atoms with Gasteiger partial charge in [0.1, 0.15) is 17.3 Å². The molecule has 6 heteroatoms. The fourth-order valence-electron chi connectivity index (χ4n) is 4.53. The van der Waals surface area contributed by atoms with Crippen molar-refractivity contribution in [3.8, 4) is 11.5 Å². The number of unbranched alkanes of at least 4 members (excludes halogenated alkanes) is 2. The monoisotopic (exact) mass is 499 g/mol. The molecule has 37 heavy (non-hydrogen) atoms. The maximum atomic E-state index is 12.3. The molecule has 1 aromatic heterocycles. The van der Waals surface area contributed by atoms with Gasteiger partial charge in [0.2, 0.25) is 5.91 Å². The summed E-state index contributed by atoms with van der Waals surface area (Å²) in [6, 6.07) is 24.1. The number of ether oxygens (including phenoxy) is 2. The number of hydrogen-bond donors (Lipinski definition) is 1. The van der Waals surface area contributed by atoms with Gasteiger partial charge in [-0.25, -0.2) is 4.98 Å². The summed E-state index contributed by atoms with van der Waals surface area (Å²) in [7, 11) is 1.66. The third-order valence-electron chi connectivity index (χ3n) is 6.58. The summed E-state index contributed by atoms with van der Waals surface area (Å²) in [5.74, 6) is 2.82. The van der Waals surface area contributed by atoms with Crippen molar-refractivity contribution in [3.63, 3.8) is 0 Å². The number of hydrogen-bond acceptors (Lipinski definition) is 4. The van der Waals surface area contributed by atoms with E-state index < -0.39 is 0 Å². The first-order chi connectivity index (χ1) is 18.1. The summed E-state index contributed by atoms with van der Waals surface area (Å²) in [5.41, 5.74) is 4.46. The summed E-state index contributed by atoms with van der Waals surface area (Å²) < 4.78 is 13.5. The van der Waals surface area contributed by atoms with E-state index in [0.29, 0.717) is 19.6 Å². The van der Waals surface area contributed by atoms with Crippen LogP contribution in [-0.2, 0) is 24.2 Å². The lowest BCUT2D eigenvalue weighted by Gasteiger charge is -2.11. The number of para-hydroxylation sites is 2. The highest BCUT2D eigenvalue weighted by Crippen LogP contribution is 2.21. The van der Waals surface area contributed by atoms with Crippen molar-refractivity contribution in [3.05, 3.63) is 89.7 Å². The Bertz CT molecular complexity index is 1300. The molecule has 1 heterocycles. The van der Waals surface area contributed by atoms with Crippen LogP contribution in [0.3, 0.4) is 0 Å². The van der Waals surface area contributed by atoms with Crippen LogP contribution in [0.4, 0.5) is 0 Å². The zero-order valence-corrected chi connectivity index (χ0v) is 21.9. The van der Waals surface area contributed by atoms with Gasteiger partial charge in [-0.05, 0) is 61.6 Å². The summed E-state index contributed by atoms with van der Waals surface area (Å²) in [4.78, 5) is 17.2. The predicted octanol–water partition coefficient (Wildman–Crippen LogP) is 5.89. The highest BCUT2D eigenvalue weighted by atomic mass is 16.5. The number of aromatic nitrogens is 2. The number of carbonyl (C=O) groups is 1. The van der Waals surface area contributed by atoms with Gasteiger partial charge in [-0.2, -0.15) is 0 Å². The lowest BCUT2D eigenvalue weighted by molar-refractivity contribution is -0.120. The zero-order valence-electron chi connectivity index (χ0n) is 21.9. The van der Waals surface area contributed by atoms with Gasteiger partial charge >= 0.3 is 0 Å². The summed E-state index contributed by atoms with van der Waals surface area (Å²) >= 11 is 0.